The lowest BCUT2D eigenvalue weighted by Gasteiger charge is -2.03. The van der Waals surface area contributed by atoms with Crippen molar-refractivity contribution in [1.82, 2.24) is 14.8 Å². The maximum Gasteiger partial charge on any atom is 0.314 e. The van der Waals surface area contributed by atoms with E-state index in [1.807, 2.05) is 0 Å². The van der Waals surface area contributed by atoms with Crippen molar-refractivity contribution >= 4 is 11.5 Å². The van der Waals surface area contributed by atoms with E-state index in [4.69, 9.17) is 10.9 Å². The van der Waals surface area contributed by atoms with Crippen LogP contribution in [0.2, 0.25) is 0 Å². The zero-order valence-electron chi connectivity index (χ0n) is 8.96. The molecule has 2 aromatic rings. The van der Waals surface area contributed by atoms with Gasteiger partial charge < -0.3 is 10.9 Å². The van der Waals surface area contributed by atoms with Gasteiger partial charge in [-0.1, -0.05) is 5.16 Å². The van der Waals surface area contributed by atoms with Gasteiger partial charge in [-0.05, 0) is 6.07 Å². The Labute approximate surface area is 100 Å². The van der Waals surface area contributed by atoms with E-state index in [0.29, 0.717) is 0 Å². The molecule has 2 rings (SSSR count). The first kappa shape index (κ1) is 11.5. The summed E-state index contributed by atoms with van der Waals surface area (Å²) in [6.07, 6.45) is 4.26. The lowest BCUT2D eigenvalue weighted by atomic mass is 10.2. The third kappa shape index (κ3) is 1.96. The Hall–Kier alpha value is -2.97. The summed E-state index contributed by atoms with van der Waals surface area (Å²) in [5, 5.41) is 26.1. The zero-order valence-corrected chi connectivity index (χ0v) is 8.96. The minimum Gasteiger partial charge on any atom is -0.409 e. The molecule has 2 heterocycles. The normalized spacial score (nSPS) is 11.4. The molecule has 0 aliphatic heterocycles. The highest BCUT2D eigenvalue weighted by Gasteiger charge is 2.19. The summed E-state index contributed by atoms with van der Waals surface area (Å²) in [5.74, 6) is -0.197. The van der Waals surface area contributed by atoms with Gasteiger partial charge in [-0.15, -0.1) is 0 Å². The Balaban J connectivity index is 2.59. The van der Waals surface area contributed by atoms with Crippen molar-refractivity contribution in [2.24, 2.45) is 10.9 Å². The number of hydrogen-bond acceptors (Lipinski definition) is 6. The summed E-state index contributed by atoms with van der Waals surface area (Å²) < 4.78 is 1.26. The van der Waals surface area contributed by atoms with Crippen LogP contribution in [0.3, 0.4) is 0 Å². The molecule has 0 saturated carbocycles. The van der Waals surface area contributed by atoms with Crippen molar-refractivity contribution in [3.8, 4) is 5.82 Å². The van der Waals surface area contributed by atoms with Crippen molar-refractivity contribution in [3.63, 3.8) is 0 Å². The molecule has 0 saturated heterocycles. The van der Waals surface area contributed by atoms with Gasteiger partial charge in [0.05, 0.1) is 4.92 Å². The average molecular weight is 248 g/mol. The summed E-state index contributed by atoms with van der Waals surface area (Å²) in [6, 6.07) is 2.78. The Morgan fingerprint density at radius 1 is 1.61 bits per heavy atom. The molecule has 0 amide bonds. The van der Waals surface area contributed by atoms with E-state index in [0.717, 1.165) is 0 Å². The van der Waals surface area contributed by atoms with E-state index >= 15 is 0 Å². The molecular weight excluding hydrogens is 240 g/mol. The molecule has 0 aliphatic carbocycles. The van der Waals surface area contributed by atoms with E-state index < -0.39 is 4.92 Å². The number of nitrogens with zero attached hydrogens (tertiary/aromatic N) is 5. The van der Waals surface area contributed by atoms with E-state index in [-0.39, 0.29) is 22.9 Å². The number of nitrogens with two attached hydrogens (primary N) is 1. The molecule has 0 aliphatic rings. The monoisotopic (exact) mass is 248 g/mol. The molecular formula is C9H8N6O3. The predicted molar refractivity (Wildman–Crippen MR) is 60.5 cm³/mol. The second kappa shape index (κ2) is 4.49. The number of hydrogen-bond donors (Lipinski definition) is 2. The van der Waals surface area contributed by atoms with Crippen molar-refractivity contribution < 1.29 is 10.1 Å². The van der Waals surface area contributed by atoms with Crippen LogP contribution in [0.4, 0.5) is 5.69 Å². The number of amidine groups is 1. The van der Waals surface area contributed by atoms with Crippen LogP contribution in [0, 0.1) is 10.1 Å². The predicted octanol–water partition coefficient (Wildman–Crippen LogP) is 0.270. The van der Waals surface area contributed by atoms with Gasteiger partial charge in [-0.3, -0.25) is 10.1 Å². The Morgan fingerprint density at radius 2 is 2.39 bits per heavy atom. The van der Waals surface area contributed by atoms with E-state index in [2.05, 4.69) is 15.2 Å². The summed E-state index contributed by atoms with van der Waals surface area (Å²) >= 11 is 0. The molecule has 0 atom stereocenters. The Morgan fingerprint density at radius 3 is 2.94 bits per heavy atom. The largest absolute Gasteiger partial charge is 0.409 e. The quantitative estimate of drug-likeness (QED) is 0.263. The molecule has 92 valence electrons. The van der Waals surface area contributed by atoms with E-state index in [1.165, 1.54) is 29.3 Å². The molecule has 2 aromatic heterocycles. The minimum atomic E-state index is -0.613. The van der Waals surface area contributed by atoms with Crippen LogP contribution >= 0.6 is 0 Å². The number of nitro groups is 1. The van der Waals surface area contributed by atoms with Crippen molar-refractivity contribution in [1.29, 1.82) is 0 Å². The highest BCUT2D eigenvalue weighted by molar-refractivity contribution is 5.97. The van der Waals surface area contributed by atoms with Gasteiger partial charge >= 0.3 is 5.69 Å². The van der Waals surface area contributed by atoms with Crippen LogP contribution in [0.25, 0.3) is 5.82 Å². The first-order valence-corrected chi connectivity index (χ1v) is 4.76. The van der Waals surface area contributed by atoms with Crippen molar-refractivity contribution in [2.45, 2.75) is 0 Å². The standard InChI is InChI=1S/C9H8N6O3/c10-8(13-16)6-4-7(15(17)18)9(11-5-6)14-3-1-2-12-14/h1-5,16H,(H2,10,13). The highest BCUT2D eigenvalue weighted by atomic mass is 16.6. The SMILES string of the molecule is N/C(=N/O)c1cnc(-n2cccn2)c([N+](=O)[O-])c1. The number of rotatable bonds is 3. The summed E-state index contributed by atoms with van der Waals surface area (Å²) in [4.78, 5) is 14.2. The second-order valence-electron chi connectivity index (χ2n) is 3.26. The maximum atomic E-state index is 11.0. The molecule has 0 radical (unpaired) electrons. The fourth-order valence-corrected chi connectivity index (χ4v) is 1.35. The minimum absolute atomic E-state index is 0.0551. The molecule has 0 spiro atoms. The Bertz CT molecular complexity index is 607. The van der Waals surface area contributed by atoms with Gasteiger partial charge in [0.25, 0.3) is 0 Å². The van der Waals surface area contributed by atoms with Crippen LogP contribution in [0.5, 0.6) is 0 Å². The van der Waals surface area contributed by atoms with E-state index in [9.17, 15) is 10.1 Å². The lowest BCUT2D eigenvalue weighted by molar-refractivity contribution is -0.384. The second-order valence-corrected chi connectivity index (χ2v) is 3.26. The van der Waals surface area contributed by atoms with Crippen LogP contribution in [0.15, 0.2) is 35.9 Å². The average Bonchev–Trinajstić information content (AvgIpc) is 2.90. The summed E-state index contributed by atoms with van der Waals surface area (Å²) in [5.41, 5.74) is 5.21. The molecule has 9 heteroatoms. The van der Waals surface area contributed by atoms with Crippen molar-refractivity contribution in [2.75, 3.05) is 0 Å². The molecule has 0 bridgehead atoms. The lowest BCUT2D eigenvalue weighted by Crippen LogP contribution is -2.15. The van der Waals surface area contributed by atoms with Crippen LogP contribution in [-0.4, -0.2) is 30.7 Å². The zero-order chi connectivity index (χ0) is 13.1. The third-order valence-corrected chi connectivity index (χ3v) is 2.17. The number of aromatic nitrogens is 3. The van der Waals surface area contributed by atoms with Gasteiger partial charge in [-0.25, -0.2) is 9.67 Å². The molecule has 0 unspecified atom stereocenters. The van der Waals surface area contributed by atoms with Crippen LogP contribution < -0.4 is 5.73 Å². The number of oxime groups is 1. The van der Waals surface area contributed by atoms with Crippen LogP contribution in [0.1, 0.15) is 5.56 Å². The molecule has 3 N–H and O–H groups in total. The highest BCUT2D eigenvalue weighted by Crippen LogP contribution is 2.20. The fraction of sp³-hybridized carbons (Fsp3) is 0. The van der Waals surface area contributed by atoms with Crippen molar-refractivity contribution in [3.05, 3.63) is 46.4 Å². The van der Waals surface area contributed by atoms with Gasteiger partial charge in [0.2, 0.25) is 5.82 Å². The number of pyridine rings is 1. The Kier molecular flexibility index (Phi) is 2.87. The first-order chi connectivity index (χ1) is 8.63. The van der Waals surface area contributed by atoms with Gasteiger partial charge in [-0.2, -0.15) is 5.10 Å². The fourth-order valence-electron chi connectivity index (χ4n) is 1.35. The van der Waals surface area contributed by atoms with Gasteiger partial charge in [0, 0.05) is 30.2 Å². The molecule has 0 fully saturated rings. The first-order valence-electron chi connectivity index (χ1n) is 4.76. The smallest absolute Gasteiger partial charge is 0.314 e. The topological polar surface area (TPSA) is 132 Å². The summed E-state index contributed by atoms with van der Waals surface area (Å²) in [7, 11) is 0. The van der Waals surface area contributed by atoms with E-state index in [1.54, 1.807) is 6.07 Å². The van der Waals surface area contributed by atoms with Gasteiger partial charge in [0.15, 0.2) is 5.84 Å². The molecule has 9 nitrogen and oxygen atoms in total. The molecule has 18 heavy (non-hydrogen) atoms. The summed E-state index contributed by atoms with van der Waals surface area (Å²) in [6.45, 7) is 0. The van der Waals surface area contributed by atoms with Gasteiger partial charge in [0.1, 0.15) is 0 Å². The molecule has 0 aromatic carbocycles. The van der Waals surface area contributed by atoms with Crippen LogP contribution in [-0.2, 0) is 0 Å². The third-order valence-electron chi connectivity index (χ3n) is 2.17. The maximum absolute atomic E-state index is 11.0.